The molecule has 0 radical (unpaired) electrons. The van der Waals surface area contributed by atoms with Crippen molar-refractivity contribution in [3.05, 3.63) is 0 Å². The van der Waals surface area contributed by atoms with Gasteiger partial charge in [-0.05, 0) is 55.9 Å². The van der Waals surface area contributed by atoms with Gasteiger partial charge in [0.2, 0.25) is 0 Å². The van der Waals surface area contributed by atoms with Crippen LogP contribution in [0.3, 0.4) is 0 Å². The highest BCUT2D eigenvalue weighted by Crippen LogP contribution is 2.38. The van der Waals surface area contributed by atoms with E-state index in [2.05, 4.69) is 26.1 Å². The number of hydrogen-bond donors (Lipinski definition) is 1. The Hall–Kier alpha value is -0.0400. The second kappa shape index (κ2) is 8.41. The summed E-state index contributed by atoms with van der Waals surface area (Å²) in [5.41, 5.74) is 0. The van der Waals surface area contributed by atoms with Crippen LogP contribution in [0.4, 0.5) is 0 Å². The van der Waals surface area contributed by atoms with Gasteiger partial charge >= 0.3 is 0 Å². The van der Waals surface area contributed by atoms with Crippen LogP contribution in [0.25, 0.3) is 0 Å². The first kappa shape index (κ1) is 16.3. The van der Waals surface area contributed by atoms with Crippen molar-refractivity contribution >= 4 is 0 Å². The van der Waals surface area contributed by atoms with Gasteiger partial charge < -0.3 is 5.32 Å². The lowest BCUT2D eigenvalue weighted by molar-refractivity contribution is 0.150. The van der Waals surface area contributed by atoms with Crippen LogP contribution >= 0.6 is 0 Å². The smallest absolute Gasteiger partial charge is 0.00980 e. The van der Waals surface area contributed by atoms with Crippen molar-refractivity contribution in [3.8, 4) is 0 Å². The Labute approximate surface area is 127 Å². The van der Waals surface area contributed by atoms with Gasteiger partial charge in [0.1, 0.15) is 0 Å². The topological polar surface area (TPSA) is 12.0 Å². The van der Waals surface area contributed by atoms with Gasteiger partial charge in [-0.1, -0.05) is 59.3 Å². The highest BCUT2D eigenvalue weighted by molar-refractivity contribution is 4.86. The molecule has 4 unspecified atom stereocenters. The van der Waals surface area contributed by atoms with E-state index >= 15 is 0 Å². The molecule has 1 N–H and O–H groups in total. The molecule has 0 aromatic heterocycles. The lowest BCUT2D eigenvalue weighted by Gasteiger charge is -2.39. The molecule has 0 aromatic rings. The molecular weight excluding hydrogens is 242 g/mol. The fourth-order valence-corrected chi connectivity index (χ4v) is 4.51. The first-order valence-electron chi connectivity index (χ1n) is 9.44. The molecule has 2 aliphatic rings. The average Bonchev–Trinajstić information content (AvgIpc) is 2.47. The summed E-state index contributed by atoms with van der Waals surface area (Å²) in [5.74, 6) is 3.86. The van der Waals surface area contributed by atoms with E-state index in [1.807, 2.05) is 0 Å². The van der Waals surface area contributed by atoms with E-state index in [1.54, 1.807) is 0 Å². The van der Waals surface area contributed by atoms with Gasteiger partial charge in [-0.2, -0.15) is 0 Å². The Morgan fingerprint density at radius 2 is 1.70 bits per heavy atom. The largest absolute Gasteiger partial charge is 0.314 e. The third-order valence-corrected chi connectivity index (χ3v) is 6.18. The van der Waals surface area contributed by atoms with Crippen LogP contribution in [-0.4, -0.2) is 12.6 Å². The zero-order chi connectivity index (χ0) is 14.4. The molecule has 2 rings (SSSR count). The molecule has 0 saturated heterocycles. The van der Waals surface area contributed by atoms with E-state index in [0.717, 1.165) is 29.7 Å². The average molecular weight is 280 g/mol. The Morgan fingerprint density at radius 3 is 2.35 bits per heavy atom. The van der Waals surface area contributed by atoms with Crippen molar-refractivity contribution in [1.82, 2.24) is 5.32 Å². The van der Waals surface area contributed by atoms with E-state index in [1.165, 1.54) is 70.8 Å². The van der Waals surface area contributed by atoms with Crippen molar-refractivity contribution in [3.63, 3.8) is 0 Å². The van der Waals surface area contributed by atoms with Crippen LogP contribution in [0, 0.1) is 23.7 Å². The maximum absolute atomic E-state index is 3.92. The Kier molecular flexibility index (Phi) is 6.87. The summed E-state index contributed by atoms with van der Waals surface area (Å²) in [4.78, 5) is 0. The lowest BCUT2D eigenvalue weighted by Crippen LogP contribution is -2.41. The van der Waals surface area contributed by atoms with Crippen molar-refractivity contribution in [2.45, 2.75) is 91.0 Å². The molecule has 0 bridgehead atoms. The Balaban J connectivity index is 1.88. The van der Waals surface area contributed by atoms with E-state index in [-0.39, 0.29) is 0 Å². The van der Waals surface area contributed by atoms with Gasteiger partial charge in [-0.3, -0.25) is 0 Å². The third kappa shape index (κ3) is 4.76. The maximum Gasteiger partial charge on any atom is 0.00980 e. The highest BCUT2D eigenvalue weighted by atomic mass is 14.9. The molecule has 1 heteroatoms. The fraction of sp³-hybridized carbons (Fsp3) is 1.00. The Morgan fingerprint density at radius 1 is 0.950 bits per heavy atom. The van der Waals surface area contributed by atoms with Crippen LogP contribution in [0.5, 0.6) is 0 Å². The van der Waals surface area contributed by atoms with Crippen LogP contribution in [-0.2, 0) is 0 Å². The van der Waals surface area contributed by atoms with E-state index in [9.17, 15) is 0 Å². The lowest BCUT2D eigenvalue weighted by atomic mass is 9.71. The van der Waals surface area contributed by atoms with Crippen LogP contribution in [0.2, 0.25) is 0 Å². The van der Waals surface area contributed by atoms with Crippen LogP contribution < -0.4 is 5.32 Å². The summed E-state index contributed by atoms with van der Waals surface area (Å²) < 4.78 is 0. The number of rotatable bonds is 6. The predicted octanol–water partition coefficient (Wildman–Crippen LogP) is 5.40. The summed E-state index contributed by atoms with van der Waals surface area (Å²) in [6, 6.07) is 0.813. The molecule has 0 spiro atoms. The molecule has 118 valence electrons. The quantitative estimate of drug-likeness (QED) is 0.686. The van der Waals surface area contributed by atoms with Gasteiger partial charge in [-0.25, -0.2) is 0 Å². The molecule has 0 amide bonds. The maximum atomic E-state index is 3.92. The van der Waals surface area contributed by atoms with Crippen molar-refractivity contribution in [1.29, 1.82) is 0 Å². The van der Waals surface area contributed by atoms with E-state index in [4.69, 9.17) is 0 Å². The monoisotopic (exact) mass is 279 g/mol. The van der Waals surface area contributed by atoms with Gasteiger partial charge in [-0.15, -0.1) is 0 Å². The molecule has 1 nitrogen and oxygen atoms in total. The normalized spacial score (nSPS) is 34.0. The first-order chi connectivity index (χ1) is 9.70. The number of hydrogen-bond acceptors (Lipinski definition) is 1. The summed E-state index contributed by atoms with van der Waals surface area (Å²) in [5, 5.41) is 3.92. The van der Waals surface area contributed by atoms with E-state index in [0.29, 0.717) is 0 Å². The minimum Gasteiger partial charge on any atom is -0.314 e. The van der Waals surface area contributed by atoms with Crippen LogP contribution in [0.15, 0.2) is 0 Å². The summed E-state index contributed by atoms with van der Waals surface area (Å²) in [6.07, 6.45) is 14.6. The molecule has 0 heterocycles. The van der Waals surface area contributed by atoms with E-state index < -0.39 is 0 Å². The third-order valence-electron chi connectivity index (χ3n) is 6.18. The molecule has 0 aromatic carbocycles. The molecule has 2 fully saturated rings. The van der Waals surface area contributed by atoms with Gasteiger partial charge in [0.05, 0.1) is 0 Å². The molecule has 4 atom stereocenters. The Bertz CT molecular complexity index is 256. The summed E-state index contributed by atoms with van der Waals surface area (Å²) in [6.45, 7) is 8.46. The second-order valence-corrected chi connectivity index (χ2v) is 7.83. The molecule has 20 heavy (non-hydrogen) atoms. The first-order valence-corrected chi connectivity index (χ1v) is 9.44. The predicted molar refractivity (Wildman–Crippen MR) is 88.9 cm³/mol. The second-order valence-electron chi connectivity index (χ2n) is 7.83. The fourth-order valence-electron chi connectivity index (χ4n) is 4.51. The van der Waals surface area contributed by atoms with Gasteiger partial charge in [0.15, 0.2) is 0 Å². The molecule has 2 aliphatic carbocycles. The molecule has 0 aliphatic heterocycles. The minimum absolute atomic E-state index is 0.813. The van der Waals surface area contributed by atoms with Gasteiger partial charge in [0, 0.05) is 6.04 Å². The summed E-state index contributed by atoms with van der Waals surface area (Å²) >= 11 is 0. The highest BCUT2D eigenvalue weighted by Gasteiger charge is 2.31. The summed E-state index contributed by atoms with van der Waals surface area (Å²) in [7, 11) is 0. The number of nitrogens with one attached hydrogen (secondary N) is 1. The zero-order valence-corrected chi connectivity index (χ0v) is 14.2. The SMILES string of the molecule is CCCNC(CC1CCCCC1)C1CCC(C)C(C)C1. The standard InChI is InChI=1S/C19H37N/c1-4-12-20-19(14-17-8-6-5-7-9-17)18-11-10-15(2)16(3)13-18/h15-20H,4-14H2,1-3H3. The van der Waals surface area contributed by atoms with Crippen LogP contribution in [0.1, 0.15) is 85.0 Å². The molecule has 2 saturated carbocycles. The van der Waals surface area contributed by atoms with Gasteiger partial charge in [0.25, 0.3) is 0 Å². The zero-order valence-electron chi connectivity index (χ0n) is 14.2. The van der Waals surface area contributed by atoms with Crippen molar-refractivity contribution < 1.29 is 0 Å². The van der Waals surface area contributed by atoms with Crippen molar-refractivity contribution in [2.24, 2.45) is 23.7 Å². The van der Waals surface area contributed by atoms with Crippen molar-refractivity contribution in [2.75, 3.05) is 6.54 Å². The molecular formula is C19H37N. The minimum atomic E-state index is 0.813.